The van der Waals surface area contributed by atoms with Gasteiger partial charge in [-0.1, -0.05) is 12.1 Å². The lowest BCUT2D eigenvalue weighted by Crippen LogP contribution is -2.38. The molecule has 0 N–H and O–H groups in total. The van der Waals surface area contributed by atoms with Crippen molar-refractivity contribution in [3.8, 4) is 0 Å². The van der Waals surface area contributed by atoms with Gasteiger partial charge in [0.25, 0.3) is 5.91 Å². The van der Waals surface area contributed by atoms with Crippen LogP contribution in [0, 0.1) is 5.82 Å². The number of hydrogen-bond acceptors (Lipinski definition) is 5. The van der Waals surface area contributed by atoms with E-state index in [1.54, 1.807) is 21.9 Å². The molecule has 0 saturated carbocycles. The van der Waals surface area contributed by atoms with Crippen molar-refractivity contribution >= 4 is 23.5 Å². The molecule has 1 aromatic carbocycles. The molecule has 1 saturated heterocycles. The molecule has 8 heteroatoms. The number of benzene rings is 1. The highest BCUT2D eigenvalue weighted by molar-refractivity contribution is 6.99. The van der Waals surface area contributed by atoms with Crippen LogP contribution in [-0.2, 0) is 11.2 Å². The first-order valence-corrected chi connectivity index (χ1v) is 8.45. The molecule has 0 radical (unpaired) electrons. The van der Waals surface area contributed by atoms with Crippen LogP contribution in [0.3, 0.4) is 0 Å². The van der Waals surface area contributed by atoms with Crippen LogP contribution in [-0.4, -0.2) is 56.5 Å². The van der Waals surface area contributed by atoms with E-state index in [4.69, 9.17) is 0 Å². The predicted octanol–water partition coefficient (Wildman–Crippen LogP) is 1.59. The molecule has 126 valence electrons. The number of rotatable bonds is 3. The van der Waals surface area contributed by atoms with Crippen molar-refractivity contribution in [3.63, 3.8) is 0 Å². The molecule has 1 aliphatic rings. The smallest absolute Gasteiger partial charge is 0.275 e. The Morgan fingerprint density at radius 3 is 2.71 bits per heavy atom. The predicted molar refractivity (Wildman–Crippen MR) is 87.1 cm³/mol. The Balaban J connectivity index is 1.59. The third kappa shape index (κ3) is 3.94. The highest BCUT2D eigenvalue weighted by Gasteiger charge is 2.24. The van der Waals surface area contributed by atoms with Gasteiger partial charge in [0.05, 0.1) is 24.3 Å². The molecule has 1 fully saturated rings. The molecule has 24 heavy (non-hydrogen) atoms. The van der Waals surface area contributed by atoms with Gasteiger partial charge in [0.2, 0.25) is 5.91 Å². The van der Waals surface area contributed by atoms with Crippen molar-refractivity contribution in [2.24, 2.45) is 0 Å². The average molecular weight is 348 g/mol. The van der Waals surface area contributed by atoms with Gasteiger partial charge < -0.3 is 9.80 Å². The van der Waals surface area contributed by atoms with E-state index < -0.39 is 0 Å². The van der Waals surface area contributed by atoms with E-state index in [1.165, 1.54) is 18.3 Å². The molecular formula is C16H17FN4O2S. The summed E-state index contributed by atoms with van der Waals surface area (Å²) in [5.74, 6) is -0.543. The molecule has 0 atom stereocenters. The number of carbonyl (C=O) groups is 2. The first-order valence-electron chi connectivity index (χ1n) is 7.72. The van der Waals surface area contributed by atoms with Crippen molar-refractivity contribution in [1.82, 2.24) is 18.5 Å². The summed E-state index contributed by atoms with van der Waals surface area (Å²) in [6.45, 7) is 2.11. The monoisotopic (exact) mass is 348 g/mol. The van der Waals surface area contributed by atoms with Crippen LogP contribution in [0.5, 0.6) is 0 Å². The number of aromatic nitrogens is 2. The van der Waals surface area contributed by atoms with Crippen LogP contribution in [0.2, 0.25) is 0 Å². The number of amides is 2. The van der Waals surface area contributed by atoms with E-state index in [2.05, 4.69) is 8.75 Å². The Hall–Kier alpha value is -2.35. The van der Waals surface area contributed by atoms with Crippen LogP contribution in [0.1, 0.15) is 22.5 Å². The SMILES string of the molecule is O=C(Cc1cccc(F)c1)N1CCCN(C(=O)c2cnsn2)CC1. The van der Waals surface area contributed by atoms with Crippen molar-refractivity contribution in [3.05, 3.63) is 47.5 Å². The molecule has 2 heterocycles. The van der Waals surface area contributed by atoms with Crippen molar-refractivity contribution in [2.45, 2.75) is 12.8 Å². The number of carbonyl (C=O) groups excluding carboxylic acids is 2. The molecular weight excluding hydrogens is 331 g/mol. The van der Waals surface area contributed by atoms with Gasteiger partial charge in [-0.2, -0.15) is 8.75 Å². The quantitative estimate of drug-likeness (QED) is 0.845. The molecule has 2 aromatic rings. The fourth-order valence-corrected chi connectivity index (χ4v) is 3.13. The summed E-state index contributed by atoms with van der Waals surface area (Å²) in [6, 6.07) is 6.07. The Labute approximate surface area is 143 Å². The molecule has 0 spiro atoms. The summed E-state index contributed by atoms with van der Waals surface area (Å²) in [6.07, 6.45) is 2.34. The Morgan fingerprint density at radius 1 is 1.17 bits per heavy atom. The second-order valence-corrected chi connectivity index (χ2v) is 6.18. The second-order valence-electron chi connectivity index (χ2n) is 5.63. The van der Waals surface area contributed by atoms with Crippen LogP contribution in [0.15, 0.2) is 30.5 Å². The van der Waals surface area contributed by atoms with E-state index in [0.717, 1.165) is 11.7 Å². The molecule has 0 unspecified atom stereocenters. The summed E-state index contributed by atoms with van der Waals surface area (Å²) in [4.78, 5) is 28.2. The minimum Gasteiger partial charge on any atom is -0.341 e. The molecule has 3 rings (SSSR count). The topological polar surface area (TPSA) is 66.4 Å². The fraction of sp³-hybridized carbons (Fsp3) is 0.375. The van der Waals surface area contributed by atoms with Crippen LogP contribution < -0.4 is 0 Å². The lowest BCUT2D eigenvalue weighted by molar-refractivity contribution is -0.130. The Bertz CT molecular complexity index is 723. The lowest BCUT2D eigenvalue weighted by atomic mass is 10.1. The third-order valence-electron chi connectivity index (χ3n) is 3.96. The van der Waals surface area contributed by atoms with Crippen LogP contribution in [0.4, 0.5) is 4.39 Å². The van der Waals surface area contributed by atoms with Gasteiger partial charge in [-0.15, -0.1) is 0 Å². The summed E-state index contributed by atoms with van der Waals surface area (Å²) in [5.41, 5.74) is 1.00. The minimum atomic E-state index is -0.343. The van der Waals surface area contributed by atoms with Gasteiger partial charge in [0.1, 0.15) is 5.82 Å². The summed E-state index contributed by atoms with van der Waals surface area (Å²) in [5, 5.41) is 0. The van der Waals surface area contributed by atoms with Gasteiger partial charge in [0.15, 0.2) is 5.69 Å². The largest absolute Gasteiger partial charge is 0.341 e. The maximum absolute atomic E-state index is 13.2. The maximum Gasteiger partial charge on any atom is 0.275 e. The van der Waals surface area contributed by atoms with E-state index >= 15 is 0 Å². The number of halogens is 1. The van der Waals surface area contributed by atoms with Crippen molar-refractivity contribution in [2.75, 3.05) is 26.2 Å². The summed E-state index contributed by atoms with van der Waals surface area (Å²) >= 11 is 1.00. The average Bonchev–Trinajstić information content (AvgIpc) is 2.98. The zero-order chi connectivity index (χ0) is 16.9. The van der Waals surface area contributed by atoms with Gasteiger partial charge in [0, 0.05) is 26.2 Å². The van der Waals surface area contributed by atoms with Crippen LogP contribution in [0.25, 0.3) is 0 Å². The maximum atomic E-state index is 13.2. The molecule has 2 amide bonds. The van der Waals surface area contributed by atoms with Crippen molar-refractivity contribution in [1.29, 1.82) is 0 Å². The minimum absolute atomic E-state index is 0.0507. The molecule has 1 aromatic heterocycles. The normalized spacial score (nSPS) is 15.2. The van der Waals surface area contributed by atoms with Gasteiger partial charge in [-0.05, 0) is 24.1 Å². The van der Waals surface area contributed by atoms with Gasteiger partial charge in [-0.25, -0.2) is 4.39 Å². The zero-order valence-corrected chi connectivity index (χ0v) is 13.8. The number of nitrogens with zero attached hydrogens (tertiary/aromatic N) is 4. The number of hydrogen-bond donors (Lipinski definition) is 0. The van der Waals surface area contributed by atoms with Crippen molar-refractivity contribution < 1.29 is 14.0 Å². The Kier molecular flexibility index (Phi) is 5.14. The van der Waals surface area contributed by atoms with Gasteiger partial charge in [-0.3, -0.25) is 9.59 Å². The van der Waals surface area contributed by atoms with Crippen LogP contribution >= 0.6 is 11.7 Å². The standard InChI is InChI=1S/C16H17FN4O2S/c17-13-4-1-3-12(9-13)10-15(22)20-5-2-6-21(8-7-20)16(23)14-11-18-24-19-14/h1,3-4,9,11H,2,5-8,10H2. The zero-order valence-electron chi connectivity index (χ0n) is 13.0. The molecule has 0 aliphatic carbocycles. The first-order chi connectivity index (χ1) is 11.6. The second kappa shape index (κ2) is 7.48. The highest BCUT2D eigenvalue weighted by Crippen LogP contribution is 2.11. The highest BCUT2D eigenvalue weighted by atomic mass is 32.1. The molecule has 6 nitrogen and oxygen atoms in total. The van der Waals surface area contributed by atoms with E-state index in [9.17, 15) is 14.0 Å². The lowest BCUT2D eigenvalue weighted by Gasteiger charge is -2.21. The van der Waals surface area contributed by atoms with E-state index in [1.807, 2.05) is 0 Å². The first kappa shape index (κ1) is 16.5. The van der Waals surface area contributed by atoms with Gasteiger partial charge >= 0.3 is 0 Å². The van der Waals surface area contributed by atoms with E-state index in [0.29, 0.717) is 43.9 Å². The summed E-state index contributed by atoms with van der Waals surface area (Å²) < 4.78 is 21.0. The Morgan fingerprint density at radius 2 is 1.96 bits per heavy atom. The molecule has 0 bridgehead atoms. The summed E-state index contributed by atoms with van der Waals surface area (Å²) in [7, 11) is 0. The third-order valence-corrected chi connectivity index (χ3v) is 4.44. The van der Waals surface area contributed by atoms with E-state index in [-0.39, 0.29) is 24.1 Å². The fourth-order valence-electron chi connectivity index (χ4n) is 2.72. The molecule has 1 aliphatic heterocycles.